The van der Waals surface area contributed by atoms with Crippen LogP contribution in [0.5, 0.6) is 11.5 Å². The van der Waals surface area contributed by atoms with Crippen molar-refractivity contribution in [2.24, 2.45) is 4.99 Å². The van der Waals surface area contributed by atoms with Crippen LogP contribution in [0.3, 0.4) is 0 Å². The Kier molecular flexibility index (Phi) is 2.90. The normalized spacial score (nSPS) is 15.9. The molecule has 0 heterocycles. The molecule has 1 aliphatic rings. The maximum absolute atomic E-state index is 10.4. The van der Waals surface area contributed by atoms with Gasteiger partial charge in [-0.25, -0.2) is 4.79 Å². The monoisotopic (exact) mass is 233 g/mol. The van der Waals surface area contributed by atoms with Gasteiger partial charge in [0, 0.05) is 0 Å². The highest BCUT2D eigenvalue weighted by Crippen LogP contribution is 2.51. The average molecular weight is 233 g/mol. The molecule has 0 amide bonds. The predicted octanol–water partition coefficient (Wildman–Crippen LogP) is 2.34. The van der Waals surface area contributed by atoms with Crippen molar-refractivity contribution >= 4 is 6.08 Å². The molecule has 0 spiro atoms. The number of ether oxygens (including phenoxy) is 2. The predicted molar refractivity (Wildman–Crippen MR) is 63.3 cm³/mol. The van der Waals surface area contributed by atoms with E-state index in [1.807, 2.05) is 19.1 Å². The third-order valence-electron chi connectivity index (χ3n) is 3.19. The SMILES string of the molecule is COc1cc(C2(N=C=O)CC2)cc(C)c1OC. The minimum atomic E-state index is -0.369. The standard InChI is InChI=1S/C13H15NO3/c1-9-6-10(13(4-5-13)14-8-15)7-11(16-2)12(9)17-3/h6-7H,4-5H2,1-3H3. The van der Waals surface area contributed by atoms with E-state index in [2.05, 4.69) is 4.99 Å². The van der Waals surface area contributed by atoms with Gasteiger partial charge in [0.05, 0.1) is 19.8 Å². The van der Waals surface area contributed by atoms with Crippen LogP contribution in [0.25, 0.3) is 0 Å². The topological polar surface area (TPSA) is 47.9 Å². The van der Waals surface area contributed by atoms with Crippen molar-refractivity contribution in [1.82, 2.24) is 0 Å². The molecule has 1 saturated carbocycles. The molecule has 1 fully saturated rings. The van der Waals surface area contributed by atoms with Gasteiger partial charge in [-0.15, -0.1) is 0 Å². The average Bonchev–Trinajstić information content (AvgIpc) is 3.09. The lowest BCUT2D eigenvalue weighted by Crippen LogP contribution is -2.04. The zero-order chi connectivity index (χ0) is 12.5. The maximum atomic E-state index is 10.4. The van der Waals surface area contributed by atoms with Gasteiger partial charge in [-0.1, -0.05) is 0 Å². The molecule has 90 valence electrons. The van der Waals surface area contributed by atoms with Gasteiger partial charge in [0.15, 0.2) is 11.5 Å². The summed E-state index contributed by atoms with van der Waals surface area (Å²) < 4.78 is 10.6. The second-order valence-corrected chi connectivity index (χ2v) is 4.26. The van der Waals surface area contributed by atoms with E-state index in [1.54, 1.807) is 20.3 Å². The Balaban J connectivity index is 2.51. The third-order valence-corrected chi connectivity index (χ3v) is 3.19. The summed E-state index contributed by atoms with van der Waals surface area (Å²) in [4.78, 5) is 14.4. The molecule has 2 rings (SSSR count). The van der Waals surface area contributed by atoms with Crippen molar-refractivity contribution in [1.29, 1.82) is 0 Å². The number of hydrogen-bond donors (Lipinski definition) is 0. The number of carbonyl (C=O) groups excluding carboxylic acids is 1. The first-order valence-electron chi connectivity index (χ1n) is 5.49. The fourth-order valence-electron chi connectivity index (χ4n) is 2.09. The molecular weight excluding hydrogens is 218 g/mol. The lowest BCUT2D eigenvalue weighted by atomic mass is 10.0. The molecule has 0 N–H and O–H groups in total. The van der Waals surface area contributed by atoms with Crippen molar-refractivity contribution < 1.29 is 14.3 Å². The number of aliphatic imine (C=N–C) groups is 1. The van der Waals surface area contributed by atoms with Crippen molar-refractivity contribution in [3.8, 4) is 11.5 Å². The molecule has 1 aromatic rings. The lowest BCUT2D eigenvalue weighted by Gasteiger charge is -2.15. The van der Waals surface area contributed by atoms with Crippen molar-refractivity contribution in [2.45, 2.75) is 25.3 Å². The Morgan fingerprint density at radius 3 is 2.47 bits per heavy atom. The first-order valence-corrected chi connectivity index (χ1v) is 5.49. The summed E-state index contributed by atoms with van der Waals surface area (Å²) in [7, 11) is 3.21. The van der Waals surface area contributed by atoms with Crippen LogP contribution in [0, 0.1) is 6.92 Å². The molecule has 1 aromatic carbocycles. The number of methoxy groups -OCH3 is 2. The first kappa shape index (κ1) is 11.7. The van der Waals surface area contributed by atoms with Crippen LogP contribution in [0.4, 0.5) is 0 Å². The molecule has 0 bridgehead atoms. The molecule has 0 aromatic heterocycles. The van der Waals surface area contributed by atoms with Gasteiger partial charge >= 0.3 is 0 Å². The summed E-state index contributed by atoms with van der Waals surface area (Å²) in [6, 6.07) is 3.88. The fraction of sp³-hybridized carbons (Fsp3) is 0.462. The van der Waals surface area contributed by atoms with Crippen LogP contribution in [0.2, 0.25) is 0 Å². The third kappa shape index (κ3) is 1.92. The highest BCUT2D eigenvalue weighted by Gasteiger charge is 2.45. The van der Waals surface area contributed by atoms with E-state index in [9.17, 15) is 4.79 Å². The summed E-state index contributed by atoms with van der Waals surface area (Å²) in [6.45, 7) is 1.95. The van der Waals surface area contributed by atoms with Crippen LogP contribution in [0.15, 0.2) is 17.1 Å². The largest absolute Gasteiger partial charge is 0.493 e. The molecule has 0 atom stereocenters. The van der Waals surface area contributed by atoms with E-state index in [0.717, 1.165) is 29.7 Å². The fourth-order valence-corrected chi connectivity index (χ4v) is 2.09. The number of isocyanates is 1. The summed E-state index contributed by atoms with van der Waals surface area (Å²) in [5.74, 6) is 1.40. The van der Waals surface area contributed by atoms with Gasteiger partial charge in [0.25, 0.3) is 0 Å². The quantitative estimate of drug-likeness (QED) is 0.592. The summed E-state index contributed by atoms with van der Waals surface area (Å²) in [6.07, 6.45) is 3.43. The van der Waals surface area contributed by atoms with Gasteiger partial charge in [-0.2, -0.15) is 4.99 Å². The summed E-state index contributed by atoms with van der Waals surface area (Å²) in [5, 5.41) is 0. The van der Waals surface area contributed by atoms with E-state index in [-0.39, 0.29) is 5.54 Å². The lowest BCUT2D eigenvalue weighted by molar-refractivity contribution is 0.352. The van der Waals surface area contributed by atoms with Gasteiger partial charge in [0.1, 0.15) is 0 Å². The van der Waals surface area contributed by atoms with Crippen molar-refractivity contribution in [3.63, 3.8) is 0 Å². The van der Waals surface area contributed by atoms with Gasteiger partial charge in [-0.05, 0) is 43.0 Å². The molecule has 0 aliphatic heterocycles. The summed E-state index contributed by atoms with van der Waals surface area (Å²) >= 11 is 0. The number of nitrogens with zero attached hydrogens (tertiary/aromatic N) is 1. The minimum Gasteiger partial charge on any atom is -0.493 e. The molecule has 4 nitrogen and oxygen atoms in total. The number of hydrogen-bond acceptors (Lipinski definition) is 4. The Hall–Kier alpha value is -1.80. The van der Waals surface area contributed by atoms with Gasteiger partial charge < -0.3 is 9.47 Å². The molecule has 0 radical (unpaired) electrons. The van der Waals surface area contributed by atoms with Crippen LogP contribution < -0.4 is 9.47 Å². The molecule has 1 aliphatic carbocycles. The molecule has 0 saturated heterocycles. The maximum Gasteiger partial charge on any atom is 0.235 e. The Morgan fingerprint density at radius 2 is 2.00 bits per heavy atom. The molecule has 4 heteroatoms. The molecule has 0 unspecified atom stereocenters. The second kappa shape index (κ2) is 4.22. The van der Waals surface area contributed by atoms with E-state index in [4.69, 9.17) is 9.47 Å². The van der Waals surface area contributed by atoms with E-state index >= 15 is 0 Å². The Labute approximate surface area is 100 Å². The van der Waals surface area contributed by atoms with Crippen LogP contribution in [0.1, 0.15) is 24.0 Å². The molecular formula is C13H15NO3. The van der Waals surface area contributed by atoms with Crippen LogP contribution >= 0.6 is 0 Å². The summed E-state index contributed by atoms with van der Waals surface area (Å²) in [5.41, 5.74) is 1.61. The number of aryl methyl sites for hydroxylation is 1. The number of rotatable bonds is 4. The van der Waals surface area contributed by atoms with Crippen LogP contribution in [-0.4, -0.2) is 20.3 Å². The van der Waals surface area contributed by atoms with E-state index in [0.29, 0.717) is 5.75 Å². The zero-order valence-electron chi connectivity index (χ0n) is 10.2. The minimum absolute atomic E-state index is 0.369. The van der Waals surface area contributed by atoms with Crippen LogP contribution in [-0.2, 0) is 10.3 Å². The molecule has 17 heavy (non-hydrogen) atoms. The van der Waals surface area contributed by atoms with Gasteiger partial charge in [-0.3, -0.25) is 0 Å². The first-order chi connectivity index (χ1) is 8.16. The van der Waals surface area contributed by atoms with Gasteiger partial charge in [0.2, 0.25) is 6.08 Å². The smallest absolute Gasteiger partial charge is 0.235 e. The van der Waals surface area contributed by atoms with Crippen molar-refractivity contribution in [3.05, 3.63) is 23.3 Å². The van der Waals surface area contributed by atoms with E-state index < -0.39 is 0 Å². The zero-order valence-corrected chi connectivity index (χ0v) is 10.2. The van der Waals surface area contributed by atoms with Crippen molar-refractivity contribution in [2.75, 3.05) is 14.2 Å². The second-order valence-electron chi connectivity index (χ2n) is 4.26. The highest BCUT2D eigenvalue weighted by molar-refractivity contribution is 5.52. The number of benzene rings is 1. The van der Waals surface area contributed by atoms with E-state index in [1.165, 1.54) is 0 Å². The Morgan fingerprint density at radius 1 is 1.29 bits per heavy atom. The Bertz CT molecular complexity index is 486. The highest BCUT2D eigenvalue weighted by atomic mass is 16.5.